The van der Waals surface area contributed by atoms with Crippen molar-refractivity contribution >= 4 is 80.7 Å². The number of rotatable bonds is 4. The Morgan fingerprint density at radius 3 is 2.43 bits per heavy atom. The first-order valence-electron chi connectivity index (χ1n) is 5.95. The largest absolute Gasteiger partial charge is 0.493 e. The molecule has 0 saturated heterocycles. The molecule has 0 atom stereocenters. The van der Waals surface area contributed by atoms with E-state index in [-0.39, 0.29) is 11.0 Å². The Labute approximate surface area is 161 Å². The molecule has 0 unspecified atom stereocenters. The van der Waals surface area contributed by atoms with Gasteiger partial charge in [0.15, 0.2) is 11.5 Å². The Morgan fingerprint density at radius 1 is 1.22 bits per heavy atom. The summed E-state index contributed by atoms with van der Waals surface area (Å²) in [6.07, 6.45) is 0. The first-order valence-corrected chi connectivity index (χ1v) is 8.83. The number of nitrogens with one attached hydrogen (secondary N) is 1. The number of carbonyl (C=O) groups excluding carboxylic acids is 1. The third kappa shape index (κ3) is 4.65. The SMILES string of the molecule is COc1cc(C2=NNC(=O)SC2)ccc1OC(Cl)(Cl)C(Cl)(Cl)Cl. The second-order valence-electron chi connectivity index (χ2n) is 4.23. The molecule has 0 radical (unpaired) electrons. The molecule has 1 amide bonds. The van der Waals surface area contributed by atoms with Crippen LogP contribution in [-0.2, 0) is 0 Å². The Bertz CT molecular complexity index is 648. The summed E-state index contributed by atoms with van der Waals surface area (Å²) in [7, 11) is 1.44. The van der Waals surface area contributed by atoms with Gasteiger partial charge < -0.3 is 9.47 Å². The summed E-state index contributed by atoms with van der Waals surface area (Å²) >= 11 is 29.9. The van der Waals surface area contributed by atoms with Crippen LogP contribution in [0.5, 0.6) is 11.5 Å². The zero-order valence-corrected chi connectivity index (χ0v) is 16.0. The zero-order valence-electron chi connectivity index (χ0n) is 11.4. The molecule has 5 nitrogen and oxygen atoms in total. The maximum atomic E-state index is 11.1. The molecule has 11 heteroatoms. The van der Waals surface area contributed by atoms with Crippen LogP contribution in [0, 0.1) is 0 Å². The Kier molecular flexibility index (Phi) is 6.09. The molecule has 0 fully saturated rings. The summed E-state index contributed by atoms with van der Waals surface area (Å²) in [5, 5.41) is 3.77. The number of nitrogens with zero attached hydrogens (tertiary/aromatic N) is 1. The Balaban J connectivity index is 2.29. The van der Waals surface area contributed by atoms with Crippen LogP contribution in [0.2, 0.25) is 0 Å². The van der Waals surface area contributed by atoms with E-state index >= 15 is 0 Å². The van der Waals surface area contributed by atoms with E-state index in [9.17, 15) is 4.79 Å². The maximum absolute atomic E-state index is 11.1. The molecule has 23 heavy (non-hydrogen) atoms. The summed E-state index contributed by atoms with van der Waals surface area (Å²) in [6, 6.07) is 4.89. The lowest BCUT2D eigenvalue weighted by Gasteiger charge is -2.28. The summed E-state index contributed by atoms with van der Waals surface area (Å²) in [5.41, 5.74) is 3.78. The number of hydrogen-bond donors (Lipinski definition) is 1. The van der Waals surface area contributed by atoms with Crippen molar-refractivity contribution in [3.63, 3.8) is 0 Å². The van der Waals surface area contributed by atoms with Gasteiger partial charge in [0.05, 0.1) is 12.8 Å². The summed E-state index contributed by atoms with van der Waals surface area (Å²) in [6.45, 7) is 0. The molecular weight excluding hydrogens is 429 g/mol. The quantitative estimate of drug-likeness (QED) is 0.690. The van der Waals surface area contributed by atoms with Gasteiger partial charge in [-0.3, -0.25) is 4.79 Å². The van der Waals surface area contributed by atoms with Crippen LogP contribution >= 0.6 is 69.8 Å². The van der Waals surface area contributed by atoms with Crippen LogP contribution in [0.15, 0.2) is 23.3 Å². The monoisotopic (exact) mass is 436 g/mol. The van der Waals surface area contributed by atoms with E-state index in [4.69, 9.17) is 67.5 Å². The second-order valence-corrected chi connectivity index (χ2v) is 8.72. The molecule has 0 aromatic heterocycles. The van der Waals surface area contributed by atoms with Crippen molar-refractivity contribution in [1.29, 1.82) is 0 Å². The minimum atomic E-state index is -2.11. The predicted octanol–water partition coefficient (Wildman–Crippen LogP) is 4.74. The summed E-state index contributed by atoms with van der Waals surface area (Å²) in [5.74, 6) is 0.922. The highest BCUT2D eigenvalue weighted by Gasteiger charge is 2.49. The molecule has 1 heterocycles. The highest BCUT2D eigenvalue weighted by molar-refractivity contribution is 8.14. The van der Waals surface area contributed by atoms with Crippen LogP contribution in [0.4, 0.5) is 4.79 Å². The predicted molar refractivity (Wildman–Crippen MR) is 95.9 cm³/mol. The lowest BCUT2D eigenvalue weighted by atomic mass is 10.1. The van der Waals surface area contributed by atoms with Gasteiger partial charge in [-0.05, 0) is 18.2 Å². The van der Waals surface area contributed by atoms with Gasteiger partial charge in [-0.15, -0.1) is 0 Å². The minimum Gasteiger partial charge on any atom is -0.493 e. The summed E-state index contributed by atoms with van der Waals surface area (Å²) in [4.78, 5) is 11.1. The smallest absolute Gasteiger partial charge is 0.305 e. The normalized spacial score (nSPS) is 15.7. The standard InChI is InChI=1S/C12H9Cl5N2O3S/c1-21-9-4-6(7-5-23-10(20)19-18-7)2-3-8(9)22-12(16,17)11(13,14)15/h2-4H,5H2,1H3,(H,19,20). The van der Waals surface area contributed by atoms with Gasteiger partial charge in [-0.1, -0.05) is 69.8 Å². The van der Waals surface area contributed by atoms with Gasteiger partial charge in [-0.2, -0.15) is 5.10 Å². The van der Waals surface area contributed by atoms with Crippen LogP contribution in [0.3, 0.4) is 0 Å². The number of alkyl halides is 5. The number of hydrazone groups is 1. The lowest BCUT2D eigenvalue weighted by molar-refractivity contribution is 0.233. The number of hydrogen-bond acceptors (Lipinski definition) is 5. The van der Waals surface area contributed by atoms with E-state index in [1.54, 1.807) is 18.2 Å². The molecule has 126 valence electrons. The van der Waals surface area contributed by atoms with E-state index in [1.807, 2.05) is 0 Å². The van der Waals surface area contributed by atoms with Crippen molar-refractivity contribution in [3.05, 3.63) is 23.8 Å². The minimum absolute atomic E-state index is 0.181. The first kappa shape index (κ1) is 19.1. The van der Waals surface area contributed by atoms with Gasteiger partial charge in [0, 0.05) is 11.3 Å². The van der Waals surface area contributed by atoms with Crippen molar-refractivity contribution in [3.8, 4) is 11.5 Å². The van der Waals surface area contributed by atoms with Gasteiger partial charge in [-0.25, -0.2) is 5.43 Å². The third-order valence-electron chi connectivity index (χ3n) is 2.69. The fourth-order valence-electron chi connectivity index (χ4n) is 1.59. The fraction of sp³-hybridized carbons (Fsp3) is 0.333. The Hall–Kier alpha value is -0.240. The third-order valence-corrected chi connectivity index (χ3v) is 5.56. The van der Waals surface area contributed by atoms with E-state index in [0.717, 1.165) is 17.3 Å². The van der Waals surface area contributed by atoms with Crippen LogP contribution in [0.1, 0.15) is 5.56 Å². The van der Waals surface area contributed by atoms with E-state index < -0.39 is 8.31 Å². The Morgan fingerprint density at radius 2 is 1.91 bits per heavy atom. The van der Waals surface area contributed by atoms with Gasteiger partial charge in [0.25, 0.3) is 9.03 Å². The molecule has 1 N–H and O–H groups in total. The highest BCUT2D eigenvalue weighted by atomic mass is 35.6. The van der Waals surface area contributed by atoms with Crippen LogP contribution in [-0.4, -0.2) is 32.1 Å². The topological polar surface area (TPSA) is 59.9 Å². The molecule has 1 aliphatic rings. The number of amides is 1. The molecule has 0 spiro atoms. The van der Waals surface area contributed by atoms with Crippen molar-refractivity contribution < 1.29 is 14.3 Å². The second kappa shape index (κ2) is 7.33. The van der Waals surface area contributed by atoms with Gasteiger partial charge >= 0.3 is 4.52 Å². The molecule has 1 aromatic carbocycles. The molecule has 2 rings (SSSR count). The van der Waals surface area contributed by atoms with Crippen LogP contribution < -0.4 is 14.9 Å². The van der Waals surface area contributed by atoms with Gasteiger partial charge in [0.2, 0.25) is 0 Å². The molecule has 0 saturated carbocycles. The van der Waals surface area contributed by atoms with Crippen molar-refractivity contribution in [1.82, 2.24) is 5.43 Å². The maximum Gasteiger partial charge on any atom is 0.305 e. The average molecular weight is 439 g/mol. The number of thioether (sulfide) groups is 1. The van der Waals surface area contributed by atoms with E-state index in [2.05, 4.69) is 10.5 Å². The zero-order chi connectivity index (χ0) is 17.3. The molecule has 1 aliphatic heterocycles. The molecule has 1 aromatic rings. The average Bonchev–Trinajstić information content (AvgIpc) is 2.47. The number of ether oxygens (including phenoxy) is 2. The number of carbonyl (C=O) groups is 1. The van der Waals surface area contributed by atoms with E-state index in [1.165, 1.54) is 7.11 Å². The number of benzene rings is 1. The van der Waals surface area contributed by atoms with Crippen molar-refractivity contribution in [2.45, 2.75) is 8.31 Å². The first-order chi connectivity index (χ1) is 10.6. The molecular formula is C12H9Cl5N2O3S. The molecule has 0 aliphatic carbocycles. The number of methoxy groups -OCH3 is 1. The lowest BCUT2D eigenvalue weighted by Crippen LogP contribution is -2.37. The number of halogens is 5. The van der Waals surface area contributed by atoms with Gasteiger partial charge in [0.1, 0.15) is 0 Å². The summed E-state index contributed by atoms with van der Waals surface area (Å²) < 4.78 is 6.39. The van der Waals surface area contributed by atoms with Crippen molar-refractivity contribution in [2.24, 2.45) is 5.10 Å². The fourth-order valence-corrected chi connectivity index (χ4v) is 2.48. The van der Waals surface area contributed by atoms with Crippen molar-refractivity contribution in [2.75, 3.05) is 12.9 Å². The molecule has 0 bridgehead atoms. The van der Waals surface area contributed by atoms with E-state index in [0.29, 0.717) is 17.2 Å². The highest BCUT2D eigenvalue weighted by Crippen LogP contribution is 2.48. The van der Waals surface area contributed by atoms with Crippen LogP contribution in [0.25, 0.3) is 0 Å².